The number of rotatable bonds is 8. The van der Waals surface area contributed by atoms with Crippen molar-refractivity contribution < 1.29 is 17.9 Å². The molecule has 0 fully saturated rings. The minimum absolute atomic E-state index is 0.260. The number of amides is 1. The van der Waals surface area contributed by atoms with Gasteiger partial charge < -0.3 is 10.1 Å². The van der Waals surface area contributed by atoms with Crippen LogP contribution in [0.1, 0.15) is 36.6 Å². The van der Waals surface area contributed by atoms with E-state index in [2.05, 4.69) is 5.32 Å². The summed E-state index contributed by atoms with van der Waals surface area (Å²) in [5.41, 5.74) is 3.42. The normalized spacial score (nSPS) is 12.3. The summed E-state index contributed by atoms with van der Waals surface area (Å²) >= 11 is 0. The fourth-order valence-electron chi connectivity index (χ4n) is 2.80. The number of anilines is 1. The molecular weight excluding hydrogens is 376 g/mol. The second-order valence-electron chi connectivity index (χ2n) is 6.83. The van der Waals surface area contributed by atoms with Crippen LogP contribution in [0.15, 0.2) is 42.5 Å². The van der Waals surface area contributed by atoms with Gasteiger partial charge in [0.05, 0.1) is 24.6 Å². The quantitative estimate of drug-likeness (QED) is 0.732. The number of sulfonamides is 1. The maximum Gasteiger partial charge on any atom is 0.241 e. The van der Waals surface area contributed by atoms with E-state index in [-0.39, 0.29) is 18.5 Å². The molecule has 0 saturated heterocycles. The fourth-order valence-corrected chi connectivity index (χ4v) is 3.65. The van der Waals surface area contributed by atoms with Gasteiger partial charge in [-0.25, -0.2) is 8.42 Å². The molecule has 1 unspecified atom stereocenters. The molecular formula is C21H28N2O4S. The fraction of sp³-hybridized carbons (Fsp3) is 0.381. The third-order valence-electron chi connectivity index (χ3n) is 4.53. The monoisotopic (exact) mass is 404 g/mol. The summed E-state index contributed by atoms with van der Waals surface area (Å²) in [6.45, 7) is 7.95. The minimum atomic E-state index is -3.60. The van der Waals surface area contributed by atoms with Crippen molar-refractivity contribution in [2.75, 3.05) is 23.7 Å². The molecule has 0 aliphatic rings. The van der Waals surface area contributed by atoms with E-state index < -0.39 is 10.0 Å². The van der Waals surface area contributed by atoms with Crippen LogP contribution >= 0.6 is 0 Å². The molecule has 28 heavy (non-hydrogen) atoms. The average Bonchev–Trinajstić information content (AvgIpc) is 2.62. The zero-order valence-corrected chi connectivity index (χ0v) is 17.8. The van der Waals surface area contributed by atoms with Gasteiger partial charge in [-0.05, 0) is 68.7 Å². The van der Waals surface area contributed by atoms with Crippen LogP contribution in [0.3, 0.4) is 0 Å². The van der Waals surface area contributed by atoms with Crippen LogP contribution in [0.5, 0.6) is 5.75 Å². The zero-order chi connectivity index (χ0) is 20.9. The van der Waals surface area contributed by atoms with Gasteiger partial charge in [-0.2, -0.15) is 0 Å². The summed E-state index contributed by atoms with van der Waals surface area (Å²) in [4.78, 5) is 12.5. The van der Waals surface area contributed by atoms with Crippen LogP contribution in [-0.2, 0) is 14.8 Å². The van der Waals surface area contributed by atoms with Gasteiger partial charge in [0.2, 0.25) is 15.9 Å². The third-order valence-corrected chi connectivity index (χ3v) is 5.68. The van der Waals surface area contributed by atoms with E-state index in [0.717, 1.165) is 33.0 Å². The van der Waals surface area contributed by atoms with Crippen LogP contribution in [0, 0.1) is 13.8 Å². The molecule has 0 radical (unpaired) electrons. The first-order valence-electron chi connectivity index (χ1n) is 9.19. The van der Waals surface area contributed by atoms with Crippen LogP contribution in [-0.4, -0.2) is 33.7 Å². The number of benzene rings is 2. The Morgan fingerprint density at radius 2 is 1.75 bits per heavy atom. The molecule has 0 heterocycles. The van der Waals surface area contributed by atoms with Crippen LogP contribution in [0.25, 0.3) is 0 Å². The highest BCUT2D eigenvalue weighted by atomic mass is 32.2. The topological polar surface area (TPSA) is 75.7 Å². The Morgan fingerprint density at radius 3 is 2.29 bits per heavy atom. The molecule has 0 aliphatic heterocycles. The molecule has 1 N–H and O–H groups in total. The Kier molecular flexibility index (Phi) is 7.07. The summed E-state index contributed by atoms with van der Waals surface area (Å²) in [6, 6.07) is 12.5. The Morgan fingerprint density at radius 1 is 1.11 bits per heavy atom. The molecule has 152 valence electrons. The summed E-state index contributed by atoms with van der Waals surface area (Å²) in [7, 11) is -3.60. The number of ether oxygens (including phenoxy) is 1. The van der Waals surface area contributed by atoms with Crippen molar-refractivity contribution in [2.45, 2.75) is 33.7 Å². The molecule has 6 nitrogen and oxygen atoms in total. The number of nitrogens with zero attached hydrogens (tertiary/aromatic N) is 1. The summed E-state index contributed by atoms with van der Waals surface area (Å²) in [5.74, 6) is 0.396. The van der Waals surface area contributed by atoms with Gasteiger partial charge in [0.15, 0.2) is 0 Å². The second-order valence-corrected chi connectivity index (χ2v) is 8.74. The molecule has 0 spiro atoms. The van der Waals surface area contributed by atoms with Crippen molar-refractivity contribution >= 4 is 21.6 Å². The molecule has 0 aromatic heterocycles. The number of carbonyl (C=O) groups is 1. The van der Waals surface area contributed by atoms with E-state index in [0.29, 0.717) is 12.3 Å². The third kappa shape index (κ3) is 5.73. The predicted molar refractivity (Wildman–Crippen MR) is 112 cm³/mol. The van der Waals surface area contributed by atoms with E-state index >= 15 is 0 Å². The van der Waals surface area contributed by atoms with E-state index in [1.54, 1.807) is 12.1 Å². The average molecular weight is 405 g/mol. The van der Waals surface area contributed by atoms with Gasteiger partial charge in [0.25, 0.3) is 0 Å². The minimum Gasteiger partial charge on any atom is -0.494 e. The van der Waals surface area contributed by atoms with Gasteiger partial charge in [0, 0.05) is 0 Å². The first-order valence-corrected chi connectivity index (χ1v) is 11.0. The Labute approximate surface area is 167 Å². The number of aryl methyl sites for hydroxylation is 2. The number of carbonyl (C=O) groups excluding carboxylic acids is 1. The van der Waals surface area contributed by atoms with E-state index in [1.807, 2.05) is 58.0 Å². The van der Waals surface area contributed by atoms with Crippen molar-refractivity contribution in [2.24, 2.45) is 0 Å². The first-order chi connectivity index (χ1) is 13.1. The van der Waals surface area contributed by atoms with Crippen LogP contribution in [0.2, 0.25) is 0 Å². The standard InChI is InChI=1S/C21H28N2O4S/c1-6-27-20-11-8-18(9-12-20)17(4)22-21(24)14-23(28(5,25)26)19-10-7-15(2)16(3)13-19/h7-13,17H,6,14H2,1-5H3,(H,22,24). The van der Waals surface area contributed by atoms with Gasteiger partial charge >= 0.3 is 0 Å². The highest BCUT2D eigenvalue weighted by Gasteiger charge is 2.22. The summed E-state index contributed by atoms with van der Waals surface area (Å²) < 4.78 is 31.0. The lowest BCUT2D eigenvalue weighted by atomic mass is 10.1. The van der Waals surface area contributed by atoms with Crippen molar-refractivity contribution in [3.05, 3.63) is 59.2 Å². The molecule has 0 saturated carbocycles. The van der Waals surface area contributed by atoms with Crippen molar-refractivity contribution in [1.29, 1.82) is 0 Å². The summed E-state index contributed by atoms with van der Waals surface area (Å²) in [6.07, 6.45) is 1.10. The Balaban J connectivity index is 2.12. The first kappa shape index (κ1) is 21.8. The van der Waals surface area contributed by atoms with Crippen molar-refractivity contribution in [3.63, 3.8) is 0 Å². The molecule has 2 aromatic carbocycles. The van der Waals surface area contributed by atoms with E-state index in [9.17, 15) is 13.2 Å². The molecule has 0 bridgehead atoms. The van der Waals surface area contributed by atoms with Crippen molar-refractivity contribution in [3.8, 4) is 5.75 Å². The lowest BCUT2D eigenvalue weighted by Crippen LogP contribution is -2.41. The molecule has 2 rings (SSSR count). The second kappa shape index (κ2) is 9.10. The molecule has 1 atom stereocenters. The Bertz CT molecular complexity index is 924. The zero-order valence-electron chi connectivity index (χ0n) is 17.0. The molecule has 1 amide bonds. The SMILES string of the molecule is CCOc1ccc(C(C)NC(=O)CN(c2ccc(C)c(C)c2)S(C)(=O)=O)cc1. The predicted octanol–water partition coefficient (Wildman–Crippen LogP) is 3.35. The maximum atomic E-state index is 12.5. The number of nitrogens with one attached hydrogen (secondary N) is 1. The lowest BCUT2D eigenvalue weighted by Gasteiger charge is -2.24. The van der Waals surface area contributed by atoms with E-state index in [4.69, 9.17) is 4.74 Å². The summed E-state index contributed by atoms with van der Waals surface area (Å²) in [5, 5.41) is 2.86. The van der Waals surface area contributed by atoms with Crippen molar-refractivity contribution in [1.82, 2.24) is 5.32 Å². The highest BCUT2D eigenvalue weighted by Crippen LogP contribution is 2.22. The number of hydrogen-bond donors (Lipinski definition) is 1. The van der Waals surface area contributed by atoms with Gasteiger partial charge in [0.1, 0.15) is 12.3 Å². The molecule has 7 heteroatoms. The van der Waals surface area contributed by atoms with Gasteiger partial charge in [-0.1, -0.05) is 18.2 Å². The molecule has 0 aliphatic carbocycles. The van der Waals surface area contributed by atoms with Gasteiger partial charge in [-0.3, -0.25) is 9.10 Å². The van der Waals surface area contributed by atoms with E-state index in [1.165, 1.54) is 0 Å². The largest absolute Gasteiger partial charge is 0.494 e. The highest BCUT2D eigenvalue weighted by molar-refractivity contribution is 7.92. The Hall–Kier alpha value is -2.54. The van der Waals surface area contributed by atoms with Crippen LogP contribution < -0.4 is 14.4 Å². The number of hydrogen-bond acceptors (Lipinski definition) is 4. The smallest absolute Gasteiger partial charge is 0.241 e. The maximum absolute atomic E-state index is 12.5. The lowest BCUT2D eigenvalue weighted by molar-refractivity contribution is -0.120. The van der Waals surface area contributed by atoms with Crippen LogP contribution in [0.4, 0.5) is 5.69 Å². The molecule has 2 aromatic rings. The van der Waals surface area contributed by atoms with Gasteiger partial charge in [-0.15, -0.1) is 0 Å².